The van der Waals surface area contributed by atoms with Crippen molar-refractivity contribution in [1.29, 1.82) is 0 Å². The van der Waals surface area contributed by atoms with Crippen LogP contribution in [0.1, 0.15) is 0 Å². The summed E-state index contributed by atoms with van der Waals surface area (Å²) in [7, 11) is -9.11. The van der Waals surface area contributed by atoms with Crippen LogP contribution in [0.15, 0.2) is 0 Å². The first-order valence-corrected chi connectivity index (χ1v) is 8.29. The Labute approximate surface area is 65.8 Å². The van der Waals surface area contributed by atoms with Gasteiger partial charge in [-0.1, -0.05) is 0 Å². The van der Waals surface area contributed by atoms with E-state index in [0.29, 0.717) is 0 Å². The Bertz CT molecular complexity index is 241. The average Bonchev–Trinajstić information content (AvgIpc) is 1.14. The van der Waals surface area contributed by atoms with E-state index in [2.05, 4.69) is 0 Å². The molecule has 0 saturated carbocycles. The molecular formula is H5O6PS2Se. The standard InChI is InChI=1S/H2O6S2Se.H3P/c1-7(2,3)9-8(4,5)6;/h(H,1,2,3)(H,4,5,6);1H3. The van der Waals surface area contributed by atoms with Crippen molar-refractivity contribution in [3.8, 4) is 0 Å². The molecule has 6 nitrogen and oxygen atoms in total. The zero-order valence-electron chi connectivity index (χ0n) is 4.46. The van der Waals surface area contributed by atoms with Gasteiger partial charge >= 0.3 is 55.7 Å². The quantitative estimate of drug-likeness (QED) is 0.355. The van der Waals surface area contributed by atoms with Crippen LogP contribution in [-0.2, 0) is 17.1 Å². The van der Waals surface area contributed by atoms with Gasteiger partial charge in [0.15, 0.2) is 0 Å². The van der Waals surface area contributed by atoms with Crippen molar-refractivity contribution in [2.24, 2.45) is 0 Å². The molecule has 0 spiro atoms. The number of hydrogen-bond donors (Lipinski definition) is 2. The fraction of sp³-hybridized carbons (Fsp3) is 0. The van der Waals surface area contributed by atoms with Gasteiger partial charge in [-0.05, 0) is 0 Å². The minimum atomic E-state index is -4.56. The molecule has 0 aliphatic carbocycles. The second-order valence-electron chi connectivity index (χ2n) is 0.924. The Morgan fingerprint density at radius 3 is 1.10 bits per heavy atom. The molecule has 0 aromatic heterocycles. The summed E-state index contributed by atoms with van der Waals surface area (Å²) in [5.41, 5.74) is 0. The van der Waals surface area contributed by atoms with E-state index in [1.54, 1.807) is 0 Å². The van der Waals surface area contributed by atoms with E-state index in [-0.39, 0.29) is 9.90 Å². The summed E-state index contributed by atoms with van der Waals surface area (Å²) in [6.07, 6.45) is 0. The van der Waals surface area contributed by atoms with Gasteiger partial charge in [-0.3, -0.25) is 0 Å². The maximum absolute atomic E-state index is 9.69. The Morgan fingerprint density at radius 2 is 1.10 bits per heavy atom. The van der Waals surface area contributed by atoms with Crippen LogP contribution in [0.5, 0.6) is 0 Å². The molecule has 10 heavy (non-hydrogen) atoms. The van der Waals surface area contributed by atoms with E-state index in [1.165, 1.54) is 0 Å². The molecule has 64 valence electrons. The van der Waals surface area contributed by atoms with E-state index in [9.17, 15) is 16.8 Å². The monoisotopic (exact) mass is 276 g/mol. The Kier molecular flexibility index (Phi) is 5.30. The molecule has 0 amide bonds. The second-order valence-corrected chi connectivity index (χ2v) is 11.1. The van der Waals surface area contributed by atoms with Crippen LogP contribution in [-0.4, -0.2) is 38.7 Å². The molecule has 0 aromatic rings. The van der Waals surface area contributed by atoms with E-state index < -0.39 is 29.8 Å². The molecule has 2 N–H and O–H groups in total. The number of hydrogen-bond acceptors (Lipinski definition) is 4. The fourth-order valence-corrected chi connectivity index (χ4v) is 5.08. The third-order valence-corrected chi connectivity index (χ3v) is 8.04. The van der Waals surface area contributed by atoms with E-state index in [4.69, 9.17) is 9.11 Å². The minimum absolute atomic E-state index is 0. The smallest absolute Gasteiger partial charge is 0.153 e. The molecular weight excluding hydrogens is 270 g/mol. The van der Waals surface area contributed by atoms with Crippen molar-refractivity contribution >= 4 is 39.7 Å². The van der Waals surface area contributed by atoms with Crippen molar-refractivity contribution in [3.63, 3.8) is 0 Å². The summed E-state index contributed by atoms with van der Waals surface area (Å²) in [5, 5.41) is 0. The topological polar surface area (TPSA) is 109 Å². The van der Waals surface area contributed by atoms with E-state index in [0.717, 1.165) is 0 Å². The fourth-order valence-electron chi connectivity index (χ4n) is 0.109. The van der Waals surface area contributed by atoms with Gasteiger partial charge in [-0.25, -0.2) is 0 Å². The summed E-state index contributed by atoms with van der Waals surface area (Å²) < 4.78 is 54.4. The van der Waals surface area contributed by atoms with Gasteiger partial charge in [-0.2, -0.15) is 9.90 Å². The van der Waals surface area contributed by atoms with Crippen LogP contribution in [0.4, 0.5) is 0 Å². The predicted octanol–water partition coefficient (Wildman–Crippen LogP) is -1.65. The molecule has 0 rings (SSSR count). The molecule has 0 aliphatic rings. The van der Waals surface area contributed by atoms with Crippen LogP contribution < -0.4 is 0 Å². The van der Waals surface area contributed by atoms with Crippen LogP contribution in [0, 0.1) is 0 Å². The van der Waals surface area contributed by atoms with E-state index in [1.807, 2.05) is 0 Å². The molecule has 0 fully saturated rings. The maximum atomic E-state index is 9.69. The maximum Gasteiger partial charge on any atom is -0.153 e. The summed E-state index contributed by atoms with van der Waals surface area (Å²) >= 11 is -2.19. The molecule has 1 atom stereocenters. The van der Waals surface area contributed by atoms with Crippen molar-refractivity contribution in [1.82, 2.24) is 0 Å². The Morgan fingerprint density at radius 1 is 0.900 bits per heavy atom. The summed E-state index contributed by atoms with van der Waals surface area (Å²) in [6.45, 7) is 0. The van der Waals surface area contributed by atoms with Crippen molar-refractivity contribution in [3.05, 3.63) is 0 Å². The van der Waals surface area contributed by atoms with Crippen molar-refractivity contribution in [2.45, 2.75) is 0 Å². The van der Waals surface area contributed by atoms with Gasteiger partial charge in [0.2, 0.25) is 0 Å². The van der Waals surface area contributed by atoms with Crippen molar-refractivity contribution in [2.75, 3.05) is 0 Å². The Hall–Kier alpha value is 0.769. The second kappa shape index (κ2) is 3.96. The molecule has 1 unspecified atom stereocenters. The van der Waals surface area contributed by atoms with E-state index >= 15 is 0 Å². The zero-order chi connectivity index (χ0) is 7.71. The average molecular weight is 275 g/mol. The first-order chi connectivity index (χ1) is 3.71. The normalized spacial score (nSPS) is 12.2. The van der Waals surface area contributed by atoms with Gasteiger partial charge in [0, 0.05) is 0 Å². The molecule has 0 aromatic carbocycles. The summed E-state index contributed by atoms with van der Waals surface area (Å²) in [6, 6.07) is 0. The predicted molar refractivity (Wildman–Crippen MR) is 40.0 cm³/mol. The van der Waals surface area contributed by atoms with Crippen LogP contribution >= 0.6 is 9.90 Å². The number of rotatable bonds is 2. The largest absolute Gasteiger partial charge is 0.153 e. The van der Waals surface area contributed by atoms with Gasteiger partial charge in [0.1, 0.15) is 0 Å². The van der Waals surface area contributed by atoms with Crippen LogP contribution in [0.2, 0.25) is 0 Å². The molecule has 0 heterocycles. The molecule has 10 heteroatoms. The first kappa shape index (κ1) is 13.4. The van der Waals surface area contributed by atoms with Crippen LogP contribution in [0.3, 0.4) is 0 Å². The Balaban J connectivity index is 0. The molecule has 0 radical (unpaired) electrons. The van der Waals surface area contributed by atoms with Gasteiger partial charge in [-0.15, -0.1) is 0 Å². The van der Waals surface area contributed by atoms with Gasteiger partial charge < -0.3 is 0 Å². The molecule has 0 aliphatic heterocycles. The SMILES string of the molecule is O=S(=O)(O)[Se]S(=O)(=O)O.P. The minimum Gasteiger partial charge on any atom is -0.153 e. The first-order valence-electron chi connectivity index (χ1n) is 1.37. The summed E-state index contributed by atoms with van der Waals surface area (Å²) in [5.74, 6) is 0. The molecule has 0 bridgehead atoms. The third-order valence-electron chi connectivity index (χ3n) is 0.172. The third kappa shape index (κ3) is 11.6. The zero-order valence-corrected chi connectivity index (χ0v) is 9.22. The van der Waals surface area contributed by atoms with Crippen LogP contribution in [0.25, 0.3) is 0 Å². The summed E-state index contributed by atoms with van der Waals surface area (Å²) in [4.78, 5) is 0. The van der Waals surface area contributed by atoms with Gasteiger partial charge in [0.05, 0.1) is 0 Å². The van der Waals surface area contributed by atoms with Crippen molar-refractivity contribution < 1.29 is 25.9 Å². The van der Waals surface area contributed by atoms with Gasteiger partial charge in [0.25, 0.3) is 0 Å². The molecule has 0 saturated heterocycles.